The molecule has 2 fully saturated rings. The van der Waals surface area contributed by atoms with Gasteiger partial charge in [-0.15, -0.1) is 0 Å². The number of nitrogens with zero attached hydrogens (tertiary/aromatic N) is 5. The summed E-state index contributed by atoms with van der Waals surface area (Å²) in [7, 11) is 2.11. The number of H-pyrrole nitrogens is 1. The summed E-state index contributed by atoms with van der Waals surface area (Å²) in [5.74, 6) is 0.461. The number of anilines is 1. The van der Waals surface area contributed by atoms with Gasteiger partial charge in [-0.2, -0.15) is 5.26 Å². The number of fused-ring (bicyclic) bond motifs is 1. The molecule has 4 heterocycles. The van der Waals surface area contributed by atoms with E-state index in [-0.39, 0.29) is 18.0 Å². The largest absolute Gasteiger partial charge is 0.369 e. The summed E-state index contributed by atoms with van der Waals surface area (Å²) in [6, 6.07) is 6.77. The van der Waals surface area contributed by atoms with E-state index in [0.29, 0.717) is 19.0 Å². The SMILES string of the molecule is C[C@@H]1CCN(C(=O)N2CCCC(C#N)C2)CC1N(C)c1ccnc2[nH]ccc12. The predicted molar refractivity (Wildman–Crippen MR) is 109 cm³/mol. The van der Waals surface area contributed by atoms with Gasteiger partial charge in [0.1, 0.15) is 5.65 Å². The number of rotatable bonds is 2. The highest BCUT2D eigenvalue weighted by Crippen LogP contribution is 2.30. The van der Waals surface area contributed by atoms with Crippen LogP contribution in [0.2, 0.25) is 0 Å². The second-order valence-corrected chi connectivity index (χ2v) is 8.16. The fourth-order valence-corrected chi connectivity index (χ4v) is 4.62. The fraction of sp³-hybridized carbons (Fsp3) is 0.571. The molecule has 2 saturated heterocycles. The summed E-state index contributed by atoms with van der Waals surface area (Å²) in [4.78, 5) is 26.8. The monoisotopic (exact) mass is 380 g/mol. The van der Waals surface area contributed by atoms with Crippen molar-refractivity contribution in [2.45, 2.75) is 32.2 Å². The van der Waals surface area contributed by atoms with Gasteiger partial charge >= 0.3 is 6.03 Å². The standard InChI is InChI=1S/C21H28N6O/c1-15-7-11-27(21(28)26-10-3-4-16(12-22)13-26)14-19(15)25(2)18-6-9-24-20-17(18)5-8-23-20/h5-6,8-9,15-16,19H,3-4,7,10-11,13-14H2,1-2H3,(H,23,24)/t15-,16?,19?/m1/s1. The van der Waals surface area contributed by atoms with Crippen LogP contribution in [0.1, 0.15) is 26.2 Å². The Balaban J connectivity index is 1.51. The molecule has 2 amide bonds. The Kier molecular flexibility index (Phi) is 5.12. The minimum absolute atomic E-state index is 0.0291. The zero-order chi connectivity index (χ0) is 19.7. The van der Waals surface area contributed by atoms with Crippen LogP contribution < -0.4 is 4.90 Å². The van der Waals surface area contributed by atoms with Crippen LogP contribution in [0.3, 0.4) is 0 Å². The smallest absolute Gasteiger partial charge is 0.320 e. The molecule has 0 spiro atoms. The highest BCUT2D eigenvalue weighted by Gasteiger charge is 2.35. The third-order valence-electron chi connectivity index (χ3n) is 6.38. The number of urea groups is 1. The minimum atomic E-state index is -0.0291. The number of aromatic amines is 1. The Morgan fingerprint density at radius 3 is 2.93 bits per heavy atom. The summed E-state index contributed by atoms with van der Waals surface area (Å²) in [5, 5.41) is 10.3. The van der Waals surface area contributed by atoms with Crippen molar-refractivity contribution >= 4 is 22.8 Å². The summed E-state index contributed by atoms with van der Waals surface area (Å²) in [6.07, 6.45) is 6.54. The number of pyridine rings is 1. The van der Waals surface area contributed by atoms with Crippen molar-refractivity contribution in [1.29, 1.82) is 5.26 Å². The third-order valence-corrected chi connectivity index (χ3v) is 6.38. The van der Waals surface area contributed by atoms with Crippen molar-refractivity contribution in [3.05, 3.63) is 24.5 Å². The van der Waals surface area contributed by atoms with Crippen LogP contribution in [0, 0.1) is 23.2 Å². The average molecular weight is 380 g/mol. The maximum atomic E-state index is 13.1. The summed E-state index contributed by atoms with van der Waals surface area (Å²) < 4.78 is 0. The molecule has 2 unspecified atom stereocenters. The summed E-state index contributed by atoms with van der Waals surface area (Å²) in [6.45, 7) is 5.09. The molecule has 7 nitrogen and oxygen atoms in total. The molecule has 2 aliphatic heterocycles. The van der Waals surface area contributed by atoms with Gasteiger partial charge in [0.2, 0.25) is 0 Å². The lowest BCUT2D eigenvalue weighted by Crippen LogP contribution is -2.56. The minimum Gasteiger partial charge on any atom is -0.369 e. The van der Waals surface area contributed by atoms with Gasteiger partial charge in [0.15, 0.2) is 0 Å². The normalized spacial score (nSPS) is 25.5. The molecule has 7 heteroatoms. The predicted octanol–water partition coefficient (Wildman–Crippen LogP) is 3.07. The highest BCUT2D eigenvalue weighted by molar-refractivity contribution is 5.89. The van der Waals surface area contributed by atoms with Gasteiger partial charge in [0, 0.05) is 62.7 Å². The van der Waals surface area contributed by atoms with Crippen molar-refractivity contribution in [3.63, 3.8) is 0 Å². The number of nitrogens with one attached hydrogen (secondary N) is 1. The van der Waals surface area contributed by atoms with Gasteiger partial charge < -0.3 is 19.7 Å². The third kappa shape index (κ3) is 3.39. The van der Waals surface area contributed by atoms with E-state index in [2.05, 4.69) is 41.0 Å². The number of carbonyl (C=O) groups is 1. The van der Waals surface area contributed by atoms with Crippen LogP contribution in [0.5, 0.6) is 0 Å². The first-order valence-electron chi connectivity index (χ1n) is 10.2. The van der Waals surface area contributed by atoms with Gasteiger partial charge in [0.25, 0.3) is 0 Å². The van der Waals surface area contributed by atoms with Crippen LogP contribution in [0.15, 0.2) is 24.5 Å². The van der Waals surface area contributed by atoms with Crippen molar-refractivity contribution < 1.29 is 4.79 Å². The lowest BCUT2D eigenvalue weighted by molar-refractivity contribution is 0.113. The lowest BCUT2D eigenvalue weighted by Gasteiger charge is -2.44. The van der Waals surface area contributed by atoms with E-state index in [9.17, 15) is 10.1 Å². The van der Waals surface area contributed by atoms with E-state index in [0.717, 1.165) is 49.1 Å². The van der Waals surface area contributed by atoms with Crippen LogP contribution >= 0.6 is 0 Å². The first-order chi connectivity index (χ1) is 13.6. The van der Waals surface area contributed by atoms with E-state index in [1.165, 1.54) is 0 Å². The molecule has 2 aromatic heterocycles. The molecule has 1 N–H and O–H groups in total. The zero-order valence-electron chi connectivity index (χ0n) is 16.6. The van der Waals surface area contributed by atoms with Gasteiger partial charge in [-0.3, -0.25) is 0 Å². The highest BCUT2D eigenvalue weighted by atomic mass is 16.2. The molecular weight excluding hydrogens is 352 g/mol. The second kappa shape index (κ2) is 7.70. The number of piperidine rings is 2. The van der Waals surface area contributed by atoms with Crippen molar-refractivity contribution in [2.75, 3.05) is 38.1 Å². The van der Waals surface area contributed by atoms with E-state index in [1.54, 1.807) is 0 Å². The Morgan fingerprint density at radius 1 is 1.29 bits per heavy atom. The maximum Gasteiger partial charge on any atom is 0.320 e. The van der Waals surface area contributed by atoms with E-state index < -0.39 is 0 Å². The van der Waals surface area contributed by atoms with Crippen LogP contribution in [-0.4, -0.2) is 65.1 Å². The average Bonchev–Trinajstić information content (AvgIpc) is 3.22. The number of amides is 2. The number of likely N-dealkylation sites (N-methyl/N-ethyl adjacent to an activating group) is 1. The molecule has 3 atom stereocenters. The van der Waals surface area contributed by atoms with Crippen LogP contribution in [0.25, 0.3) is 11.0 Å². The fourth-order valence-electron chi connectivity index (χ4n) is 4.62. The van der Waals surface area contributed by atoms with Gasteiger partial charge in [-0.25, -0.2) is 9.78 Å². The molecule has 0 aliphatic carbocycles. The number of nitriles is 1. The van der Waals surface area contributed by atoms with E-state index >= 15 is 0 Å². The number of hydrogen-bond donors (Lipinski definition) is 1. The first-order valence-corrected chi connectivity index (χ1v) is 10.2. The number of aromatic nitrogens is 2. The Labute approximate surface area is 165 Å². The second-order valence-electron chi connectivity index (χ2n) is 8.16. The van der Waals surface area contributed by atoms with Gasteiger partial charge in [-0.1, -0.05) is 6.92 Å². The molecule has 0 radical (unpaired) electrons. The molecule has 0 saturated carbocycles. The molecule has 2 aliphatic rings. The van der Waals surface area contributed by atoms with E-state index in [4.69, 9.17) is 0 Å². The Bertz CT molecular complexity index is 886. The van der Waals surface area contributed by atoms with Gasteiger partial charge in [-0.05, 0) is 37.3 Å². The Hall–Kier alpha value is -2.75. The van der Waals surface area contributed by atoms with E-state index in [1.807, 2.05) is 28.3 Å². The van der Waals surface area contributed by atoms with Gasteiger partial charge in [0.05, 0.1) is 12.0 Å². The molecule has 28 heavy (non-hydrogen) atoms. The molecule has 148 valence electrons. The summed E-state index contributed by atoms with van der Waals surface area (Å²) >= 11 is 0. The Morgan fingerprint density at radius 2 is 2.11 bits per heavy atom. The molecular formula is C21H28N6O. The number of hydrogen-bond acceptors (Lipinski definition) is 4. The first kappa shape index (κ1) is 18.6. The van der Waals surface area contributed by atoms with Crippen molar-refractivity contribution in [1.82, 2.24) is 19.8 Å². The van der Waals surface area contributed by atoms with Crippen LogP contribution in [0.4, 0.5) is 10.5 Å². The summed E-state index contributed by atoms with van der Waals surface area (Å²) in [5.41, 5.74) is 2.02. The maximum absolute atomic E-state index is 13.1. The molecule has 2 aromatic rings. The quantitative estimate of drug-likeness (QED) is 0.868. The number of likely N-dealkylation sites (tertiary alicyclic amines) is 2. The van der Waals surface area contributed by atoms with Crippen molar-refractivity contribution in [3.8, 4) is 6.07 Å². The van der Waals surface area contributed by atoms with Crippen molar-refractivity contribution in [2.24, 2.45) is 11.8 Å². The zero-order valence-corrected chi connectivity index (χ0v) is 16.6. The number of carbonyl (C=O) groups excluding carboxylic acids is 1. The molecule has 0 bridgehead atoms. The van der Waals surface area contributed by atoms with Crippen LogP contribution in [-0.2, 0) is 0 Å². The molecule has 0 aromatic carbocycles. The topological polar surface area (TPSA) is 79.3 Å². The molecule has 4 rings (SSSR count). The lowest BCUT2D eigenvalue weighted by atomic mass is 9.92.